The summed E-state index contributed by atoms with van der Waals surface area (Å²) < 4.78 is 50.4. The van der Waals surface area contributed by atoms with Crippen molar-refractivity contribution < 1.29 is 21.6 Å². The zero-order valence-corrected chi connectivity index (χ0v) is 18.1. The lowest BCUT2D eigenvalue weighted by molar-refractivity contribution is 0.0785. The van der Waals surface area contributed by atoms with Crippen LogP contribution >= 0.6 is 11.6 Å². The molecule has 0 aliphatic carbocycles. The Bertz CT molecular complexity index is 1120. The number of sulfone groups is 1. The first kappa shape index (κ1) is 21.8. The predicted octanol–water partition coefficient (Wildman–Crippen LogP) is 2.08. The zero-order valence-electron chi connectivity index (χ0n) is 15.7. The summed E-state index contributed by atoms with van der Waals surface area (Å²) in [5.41, 5.74) is 1.14. The molecular formula is C19H21ClN2O5S2. The maximum atomic E-state index is 12.6. The Balaban J connectivity index is 1.69. The fourth-order valence-electron chi connectivity index (χ4n) is 3.13. The third kappa shape index (κ3) is 5.36. The number of hydrogen-bond donors (Lipinski definition) is 1. The zero-order chi connectivity index (χ0) is 21.2. The van der Waals surface area contributed by atoms with Gasteiger partial charge in [-0.3, -0.25) is 4.79 Å². The van der Waals surface area contributed by atoms with E-state index in [0.29, 0.717) is 17.1 Å². The predicted molar refractivity (Wildman–Crippen MR) is 111 cm³/mol. The van der Waals surface area contributed by atoms with Gasteiger partial charge in [0.2, 0.25) is 10.0 Å². The van der Waals surface area contributed by atoms with E-state index in [1.54, 1.807) is 13.1 Å². The number of amides is 1. The van der Waals surface area contributed by atoms with Crippen molar-refractivity contribution in [3.63, 3.8) is 0 Å². The van der Waals surface area contributed by atoms with Crippen LogP contribution in [0.2, 0.25) is 5.02 Å². The van der Waals surface area contributed by atoms with E-state index >= 15 is 0 Å². The molecule has 0 saturated carbocycles. The largest absolute Gasteiger partial charge is 0.337 e. The Labute approximate surface area is 175 Å². The van der Waals surface area contributed by atoms with Gasteiger partial charge in [0, 0.05) is 30.2 Å². The van der Waals surface area contributed by atoms with E-state index < -0.39 is 25.9 Å². The molecule has 1 saturated heterocycles. The maximum absolute atomic E-state index is 12.6. The smallest absolute Gasteiger partial charge is 0.253 e. The standard InChI is InChI=1S/C19H21ClN2O5S2/c1-22(12-15-4-2-3-5-18(15)20)19(23)14-6-8-17(9-7-14)29(26,27)21-16-10-11-28(24,25)13-16/h2-9,16,21H,10-13H2,1H3. The Morgan fingerprint density at radius 2 is 1.83 bits per heavy atom. The molecule has 1 heterocycles. The molecule has 1 aliphatic heterocycles. The van der Waals surface area contributed by atoms with Crippen molar-refractivity contribution in [2.45, 2.75) is 23.9 Å². The molecule has 1 N–H and O–H groups in total. The summed E-state index contributed by atoms with van der Waals surface area (Å²) in [4.78, 5) is 14.1. The molecule has 1 aliphatic rings. The van der Waals surface area contributed by atoms with Crippen molar-refractivity contribution in [2.75, 3.05) is 18.6 Å². The normalized spacial score (nSPS) is 18.5. The van der Waals surface area contributed by atoms with Gasteiger partial charge in [-0.1, -0.05) is 29.8 Å². The highest BCUT2D eigenvalue weighted by Gasteiger charge is 2.31. The molecule has 0 radical (unpaired) electrons. The molecule has 1 unspecified atom stereocenters. The summed E-state index contributed by atoms with van der Waals surface area (Å²) >= 11 is 6.13. The quantitative estimate of drug-likeness (QED) is 0.717. The van der Waals surface area contributed by atoms with E-state index in [1.807, 2.05) is 18.2 Å². The summed E-state index contributed by atoms with van der Waals surface area (Å²) in [6.07, 6.45) is 0.255. The third-order valence-electron chi connectivity index (χ3n) is 4.68. The van der Waals surface area contributed by atoms with Crippen LogP contribution in [-0.4, -0.2) is 52.2 Å². The second-order valence-corrected chi connectivity index (χ2v) is 11.3. The van der Waals surface area contributed by atoms with Gasteiger partial charge in [0.1, 0.15) is 0 Å². The molecule has 2 aromatic rings. The van der Waals surface area contributed by atoms with E-state index in [9.17, 15) is 21.6 Å². The minimum Gasteiger partial charge on any atom is -0.337 e. The molecular weight excluding hydrogens is 436 g/mol. The van der Waals surface area contributed by atoms with Crippen molar-refractivity contribution in [3.05, 3.63) is 64.7 Å². The summed E-state index contributed by atoms with van der Waals surface area (Å²) in [7, 11) is -5.42. The Morgan fingerprint density at radius 3 is 2.41 bits per heavy atom. The lowest BCUT2D eigenvalue weighted by Crippen LogP contribution is -2.35. The minimum absolute atomic E-state index is 0.0212. The molecule has 1 atom stereocenters. The summed E-state index contributed by atoms with van der Waals surface area (Å²) in [6.45, 7) is 0.316. The summed E-state index contributed by atoms with van der Waals surface area (Å²) in [5, 5.41) is 0.564. The van der Waals surface area contributed by atoms with E-state index in [0.717, 1.165) is 5.56 Å². The Morgan fingerprint density at radius 1 is 1.17 bits per heavy atom. The molecule has 10 heteroatoms. The lowest BCUT2D eigenvalue weighted by atomic mass is 10.1. The first-order chi connectivity index (χ1) is 13.6. The van der Waals surface area contributed by atoms with Crippen molar-refractivity contribution >= 4 is 37.4 Å². The van der Waals surface area contributed by atoms with E-state index in [1.165, 1.54) is 29.2 Å². The average Bonchev–Trinajstić information content (AvgIpc) is 3.00. The molecule has 0 aromatic heterocycles. The number of benzene rings is 2. The van der Waals surface area contributed by atoms with Crippen molar-refractivity contribution in [2.24, 2.45) is 0 Å². The van der Waals surface area contributed by atoms with Crippen LogP contribution in [0.25, 0.3) is 0 Å². The second kappa shape index (κ2) is 8.43. The molecule has 7 nitrogen and oxygen atoms in total. The maximum Gasteiger partial charge on any atom is 0.253 e. The number of rotatable bonds is 6. The number of sulfonamides is 1. The van der Waals surface area contributed by atoms with Gasteiger partial charge in [0.15, 0.2) is 9.84 Å². The Kier molecular flexibility index (Phi) is 6.33. The molecule has 0 bridgehead atoms. The molecule has 2 aromatic carbocycles. The van der Waals surface area contributed by atoms with Crippen LogP contribution in [0.1, 0.15) is 22.3 Å². The van der Waals surface area contributed by atoms with Gasteiger partial charge in [0.05, 0.1) is 16.4 Å². The van der Waals surface area contributed by atoms with Crippen molar-refractivity contribution in [1.29, 1.82) is 0 Å². The second-order valence-electron chi connectivity index (χ2n) is 7.00. The molecule has 1 amide bonds. The molecule has 0 spiro atoms. The fourth-order valence-corrected chi connectivity index (χ4v) is 6.37. The van der Waals surface area contributed by atoms with E-state index in [2.05, 4.69) is 4.72 Å². The SMILES string of the molecule is CN(Cc1ccccc1Cl)C(=O)c1ccc(S(=O)(=O)NC2CCS(=O)(=O)C2)cc1. The fraction of sp³-hybridized carbons (Fsp3) is 0.316. The van der Waals surface area contributed by atoms with Crippen LogP contribution in [0, 0.1) is 0 Å². The number of halogens is 1. The van der Waals surface area contributed by atoms with Crippen LogP contribution in [0.5, 0.6) is 0 Å². The first-order valence-corrected chi connectivity index (χ1v) is 12.6. The number of carbonyl (C=O) groups excluding carboxylic acids is 1. The van der Waals surface area contributed by atoms with Crippen LogP contribution in [-0.2, 0) is 26.4 Å². The van der Waals surface area contributed by atoms with Crippen LogP contribution in [0.4, 0.5) is 0 Å². The monoisotopic (exact) mass is 456 g/mol. The lowest BCUT2D eigenvalue weighted by Gasteiger charge is -2.18. The highest BCUT2D eigenvalue weighted by atomic mass is 35.5. The Hall–Kier alpha value is -1.94. The van der Waals surface area contributed by atoms with Gasteiger partial charge in [-0.05, 0) is 42.3 Å². The summed E-state index contributed by atoms with van der Waals surface area (Å²) in [6, 6.07) is 12.1. The van der Waals surface area contributed by atoms with Gasteiger partial charge >= 0.3 is 0 Å². The summed E-state index contributed by atoms with van der Waals surface area (Å²) in [5.74, 6) is -0.496. The minimum atomic E-state index is -3.87. The van der Waals surface area contributed by atoms with E-state index in [4.69, 9.17) is 11.6 Å². The topological polar surface area (TPSA) is 101 Å². The average molecular weight is 457 g/mol. The van der Waals surface area contributed by atoms with Gasteiger partial charge in [-0.25, -0.2) is 21.6 Å². The van der Waals surface area contributed by atoms with Crippen LogP contribution in [0.3, 0.4) is 0 Å². The van der Waals surface area contributed by atoms with Crippen molar-refractivity contribution in [1.82, 2.24) is 9.62 Å². The van der Waals surface area contributed by atoms with Crippen molar-refractivity contribution in [3.8, 4) is 0 Å². The number of nitrogens with one attached hydrogen (secondary N) is 1. The number of nitrogens with zero attached hydrogens (tertiary/aromatic N) is 1. The van der Waals surface area contributed by atoms with Crippen LogP contribution < -0.4 is 4.72 Å². The molecule has 1 fully saturated rings. The first-order valence-electron chi connectivity index (χ1n) is 8.89. The number of carbonyl (C=O) groups is 1. The molecule has 156 valence electrons. The van der Waals surface area contributed by atoms with Gasteiger partial charge in [-0.15, -0.1) is 0 Å². The van der Waals surface area contributed by atoms with Crippen LogP contribution in [0.15, 0.2) is 53.4 Å². The molecule has 29 heavy (non-hydrogen) atoms. The van der Waals surface area contributed by atoms with Gasteiger partial charge < -0.3 is 4.90 Å². The van der Waals surface area contributed by atoms with E-state index in [-0.39, 0.29) is 28.7 Å². The molecule has 3 rings (SSSR count). The van der Waals surface area contributed by atoms with Gasteiger partial charge in [-0.2, -0.15) is 0 Å². The number of hydrogen-bond acceptors (Lipinski definition) is 5. The third-order valence-corrected chi connectivity index (χ3v) is 8.35. The highest BCUT2D eigenvalue weighted by Crippen LogP contribution is 2.19. The van der Waals surface area contributed by atoms with Gasteiger partial charge in [0.25, 0.3) is 5.91 Å². The highest BCUT2D eigenvalue weighted by molar-refractivity contribution is 7.92.